The second-order valence-corrected chi connectivity index (χ2v) is 3.38. The number of rotatable bonds is 9. The monoisotopic (exact) mass is 184 g/mol. The highest BCUT2D eigenvalue weighted by molar-refractivity contribution is 4.72. The molecule has 0 aliphatic rings. The van der Waals surface area contributed by atoms with E-state index in [1.54, 1.807) is 0 Å². The Morgan fingerprint density at radius 1 is 1.23 bits per heavy atom. The van der Waals surface area contributed by atoms with Crippen molar-refractivity contribution in [3.05, 3.63) is 12.7 Å². The third kappa shape index (κ3) is 8.00. The van der Waals surface area contributed by atoms with Crippen LogP contribution in [-0.4, -0.2) is 31.1 Å². The summed E-state index contributed by atoms with van der Waals surface area (Å²) in [6.45, 7) is 10.1. The minimum absolute atomic E-state index is 0.837. The highest BCUT2D eigenvalue weighted by Crippen LogP contribution is 2.00. The molecule has 0 spiro atoms. The Hall–Kier alpha value is -0.340. The van der Waals surface area contributed by atoms with Crippen LogP contribution >= 0.6 is 0 Å². The van der Waals surface area contributed by atoms with Crippen LogP contribution in [0.4, 0.5) is 0 Å². The van der Waals surface area contributed by atoms with E-state index in [2.05, 4.69) is 18.4 Å². The molecule has 0 aliphatic heterocycles. The smallest absolute Gasteiger partial charge is 0.0160 e. The van der Waals surface area contributed by atoms with Crippen molar-refractivity contribution in [3.63, 3.8) is 0 Å². The molecule has 0 aromatic heterocycles. The second kappa shape index (κ2) is 9.75. The van der Waals surface area contributed by atoms with Crippen molar-refractivity contribution in [2.24, 2.45) is 5.73 Å². The first kappa shape index (κ1) is 12.7. The van der Waals surface area contributed by atoms with Crippen molar-refractivity contribution in [1.29, 1.82) is 0 Å². The first-order chi connectivity index (χ1) is 6.35. The predicted molar refractivity (Wildman–Crippen MR) is 59.8 cm³/mol. The first-order valence-corrected chi connectivity index (χ1v) is 5.38. The number of unbranched alkanes of at least 4 members (excludes halogenated alkanes) is 3. The maximum atomic E-state index is 5.42. The van der Waals surface area contributed by atoms with Crippen LogP contribution < -0.4 is 5.73 Å². The highest BCUT2D eigenvalue weighted by atomic mass is 15.1. The molecule has 13 heavy (non-hydrogen) atoms. The van der Waals surface area contributed by atoms with Crippen molar-refractivity contribution < 1.29 is 0 Å². The lowest BCUT2D eigenvalue weighted by Crippen LogP contribution is -2.24. The van der Waals surface area contributed by atoms with Crippen molar-refractivity contribution in [2.45, 2.75) is 32.6 Å². The summed E-state index contributed by atoms with van der Waals surface area (Å²) in [5, 5.41) is 0. The zero-order valence-corrected chi connectivity index (χ0v) is 8.97. The maximum absolute atomic E-state index is 5.42. The SMILES string of the molecule is C=CCN(CC)CCCCCCN. The minimum Gasteiger partial charge on any atom is -0.330 e. The van der Waals surface area contributed by atoms with E-state index in [4.69, 9.17) is 5.73 Å². The van der Waals surface area contributed by atoms with Gasteiger partial charge >= 0.3 is 0 Å². The van der Waals surface area contributed by atoms with E-state index in [0.717, 1.165) is 19.6 Å². The molecular weight excluding hydrogens is 160 g/mol. The summed E-state index contributed by atoms with van der Waals surface area (Å²) < 4.78 is 0. The van der Waals surface area contributed by atoms with Crippen LogP contribution in [0.25, 0.3) is 0 Å². The zero-order chi connectivity index (χ0) is 9.94. The number of hydrogen-bond donors (Lipinski definition) is 1. The molecule has 0 rings (SSSR count). The van der Waals surface area contributed by atoms with E-state index >= 15 is 0 Å². The first-order valence-electron chi connectivity index (χ1n) is 5.38. The lowest BCUT2D eigenvalue weighted by molar-refractivity contribution is 0.310. The van der Waals surface area contributed by atoms with Gasteiger partial charge in [0.2, 0.25) is 0 Å². The van der Waals surface area contributed by atoms with Crippen molar-refractivity contribution in [1.82, 2.24) is 4.90 Å². The van der Waals surface area contributed by atoms with Crippen molar-refractivity contribution in [3.8, 4) is 0 Å². The molecule has 0 fully saturated rings. The van der Waals surface area contributed by atoms with Gasteiger partial charge in [-0.25, -0.2) is 0 Å². The molecule has 78 valence electrons. The van der Waals surface area contributed by atoms with Gasteiger partial charge in [-0.3, -0.25) is 4.90 Å². The summed E-state index contributed by atoms with van der Waals surface area (Å²) in [7, 11) is 0. The van der Waals surface area contributed by atoms with Gasteiger partial charge in [0.25, 0.3) is 0 Å². The summed E-state index contributed by atoms with van der Waals surface area (Å²) in [6, 6.07) is 0. The Morgan fingerprint density at radius 3 is 2.46 bits per heavy atom. The Morgan fingerprint density at radius 2 is 1.92 bits per heavy atom. The van der Waals surface area contributed by atoms with E-state index in [-0.39, 0.29) is 0 Å². The second-order valence-electron chi connectivity index (χ2n) is 3.38. The van der Waals surface area contributed by atoms with Crippen molar-refractivity contribution in [2.75, 3.05) is 26.2 Å². The predicted octanol–water partition coefficient (Wildman–Crippen LogP) is 2.01. The Bertz CT molecular complexity index is 113. The summed E-state index contributed by atoms with van der Waals surface area (Å²) in [4.78, 5) is 2.41. The quantitative estimate of drug-likeness (QED) is 0.439. The molecule has 0 unspecified atom stereocenters. The molecule has 0 amide bonds. The van der Waals surface area contributed by atoms with Gasteiger partial charge < -0.3 is 5.73 Å². The van der Waals surface area contributed by atoms with E-state index in [0.29, 0.717) is 0 Å². The standard InChI is InChI=1S/C11H24N2/c1-3-10-13(4-2)11-8-6-5-7-9-12/h3H,1,4-12H2,2H3. The van der Waals surface area contributed by atoms with Gasteiger partial charge in [0, 0.05) is 6.54 Å². The molecule has 0 bridgehead atoms. The third-order valence-corrected chi connectivity index (χ3v) is 2.26. The molecule has 2 heteroatoms. The Balaban J connectivity index is 3.22. The summed E-state index contributed by atoms with van der Waals surface area (Å²) >= 11 is 0. The largest absolute Gasteiger partial charge is 0.330 e. The lowest BCUT2D eigenvalue weighted by atomic mass is 10.2. The van der Waals surface area contributed by atoms with Gasteiger partial charge in [-0.05, 0) is 32.5 Å². The summed E-state index contributed by atoms with van der Waals surface area (Å²) in [5.74, 6) is 0. The fourth-order valence-corrected chi connectivity index (χ4v) is 1.39. The summed E-state index contributed by atoms with van der Waals surface area (Å²) in [6.07, 6.45) is 7.03. The summed E-state index contributed by atoms with van der Waals surface area (Å²) in [5.41, 5.74) is 5.42. The molecule has 0 aromatic carbocycles. The topological polar surface area (TPSA) is 29.3 Å². The molecule has 0 aromatic rings. The zero-order valence-electron chi connectivity index (χ0n) is 8.97. The minimum atomic E-state index is 0.837. The number of nitrogens with zero attached hydrogens (tertiary/aromatic N) is 1. The normalized spacial score (nSPS) is 10.7. The van der Waals surface area contributed by atoms with Gasteiger partial charge in [0.15, 0.2) is 0 Å². The van der Waals surface area contributed by atoms with Crippen LogP contribution in [0.1, 0.15) is 32.6 Å². The van der Waals surface area contributed by atoms with Crippen molar-refractivity contribution >= 4 is 0 Å². The Labute approximate surface area is 82.8 Å². The van der Waals surface area contributed by atoms with E-state index in [1.807, 2.05) is 6.08 Å². The molecule has 0 atom stereocenters. The van der Waals surface area contributed by atoms with Crippen LogP contribution in [0.3, 0.4) is 0 Å². The molecule has 0 saturated carbocycles. The fourth-order valence-electron chi connectivity index (χ4n) is 1.39. The average molecular weight is 184 g/mol. The van der Waals surface area contributed by atoms with Gasteiger partial charge in [-0.15, -0.1) is 6.58 Å². The third-order valence-electron chi connectivity index (χ3n) is 2.26. The van der Waals surface area contributed by atoms with Crippen LogP contribution in [0, 0.1) is 0 Å². The van der Waals surface area contributed by atoms with E-state index in [9.17, 15) is 0 Å². The Kier molecular flexibility index (Phi) is 9.49. The number of hydrogen-bond acceptors (Lipinski definition) is 2. The van der Waals surface area contributed by atoms with Crippen LogP contribution in [0.2, 0.25) is 0 Å². The molecule has 2 nitrogen and oxygen atoms in total. The average Bonchev–Trinajstić information content (AvgIpc) is 2.16. The van der Waals surface area contributed by atoms with Crippen LogP contribution in [-0.2, 0) is 0 Å². The number of nitrogens with two attached hydrogens (primary N) is 1. The van der Waals surface area contributed by atoms with Crippen LogP contribution in [0.15, 0.2) is 12.7 Å². The van der Waals surface area contributed by atoms with E-state index < -0.39 is 0 Å². The molecular formula is C11H24N2. The van der Waals surface area contributed by atoms with Gasteiger partial charge in [-0.1, -0.05) is 25.8 Å². The molecule has 0 saturated heterocycles. The lowest BCUT2D eigenvalue weighted by Gasteiger charge is -2.17. The van der Waals surface area contributed by atoms with Gasteiger partial charge in [0.1, 0.15) is 0 Å². The van der Waals surface area contributed by atoms with Crippen LogP contribution in [0.5, 0.6) is 0 Å². The maximum Gasteiger partial charge on any atom is 0.0160 e. The van der Waals surface area contributed by atoms with Gasteiger partial charge in [0.05, 0.1) is 0 Å². The molecule has 0 heterocycles. The molecule has 0 radical (unpaired) electrons. The highest BCUT2D eigenvalue weighted by Gasteiger charge is 1.98. The van der Waals surface area contributed by atoms with Gasteiger partial charge in [-0.2, -0.15) is 0 Å². The molecule has 2 N–H and O–H groups in total. The fraction of sp³-hybridized carbons (Fsp3) is 0.818. The molecule has 0 aliphatic carbocycles. The number of likely N-dealkylation sites (N-methyl/N-ethyl adjacent to an activating group) is 1. The van der Waals surface area contributed by atoms with E-state index in [1.165, 1.54) is 32.2 Å².